The lowest BCUT2D eigenvalue weighted by atomic mass is 10.1. The molecule has 0 bridgehead atoms. The van der Waals surface area contributed by atoms with Crippen LogP contribution in [0.2, 0.25) is 0 Å². The molecule has 86 valence electrons. The minimum Gasteiger partial charge on any atom is -0.311 e. The highest BCUT2D eigenvalue weighted by Gasteiger charge is 2.03. The number of nitrogens with zero attached hydrogens (tertiary/aromatic N) is 1. The summed E-state index contributed by atoms with van der Waals surface area (Å²) in [5.74, 6) is -0.117. The SMILES string of the molecule is CCC(C#N)CNCc1ccc(F)c(C)c1. The van der Waals surface area contributed by atoms with Gasteiger partial charge in [0.15, 0.2) is 0 Å². The Morgan fingerprint density at radius 1 is 1.50 bits per heavy atom. The third-order valence-electron chi connectivity index (χ3n) is 2.62. The number of rotatable bonds is 5. The fraction of sp³-hybridized carbons (Fsp3) is 0.462. The molecule has 0 heterocycles. The van der Waals surface area contributed by atoms with E-state index in [0.29, 0.717) is 18.7 Å². The molecule has 3 heteroatoms. The standard InChI is InChI=1S/C13H17FN2/c1-3-11(7-15)8-16-9-12-4-5-13(14)10(2)6-12/h4-6,11,16H,3,8-9H2,1-2H3. The Bertz CT molecular complexity index is 382. The van der Waals surface area contributed by atoms with E-state index in [1.54, 1.807) is 13.0 Å². The second-order valence-electron chi connectivity index (χ2n) is 3.95. The average molecular weight is 220 g/mol. The van der Waals surface area contributed by atoms with Crippen LogP contribution >= 0.6 is 0 Å². The summed E-state index contributed by atoms with van der Waals surface area (Å²) in [6.07, 6.45) is 0.853. The van der Waals surface area contributed by atoms with Crippen LogP contribution in [0.4, 0.5) is 4.39 Å². The van der Waals surface area contributed by atoms with E-state index < -0.39 is 0 Å². The van der Waals surface area contributed by atoms with Gasteiger partial charge in [-0.15, -0.1) is 0 Å². The largest absolute Gasteiger partial charge is 0.311 e. The molecule has 1 rings (SSSR count). The fourth-order valence-corrected chi connectivity index (χ4v) is 1.49. The summed E-state index contributed by atoms with van der Waals surface area (Å²) in [5, 5.41) is 12.0. The molecule has 0 radical (unpaired) electrons. The Kier molecular flexibility index (Phi) is 4.94. The van der Waals surface area contributed by atoms with E-state index >= 15 is 0 Å². The van der Waals surface area contributed by atoms with Crippen molar-refractivity contribution in [3.8, 4) is 6.07 Å². The lowest BCUT2D eigenvalue weighted by molar-refractivity contribution is 0.552. The average Bonchev–Trinajstić information content (AvgIpc) is 2.29. The van der Waals surface area contributed by atoms with Crippen molar-refractivity contribution in [1.82, 2.24) is 5.32 Å². The first-order valence-corrected chi connectivity index (χ1v) is 5.52. The van der Waals surface area contributed by atoms with Gasteiger partial charge in [0, 0.05) is 13.1 Å². The van der Waals surface area contributed by atoms with Gasteiger partial charge in [-0.05, 0) is 30.5 Å². The summed E-state index contributed by atoms with van der Waals surface area (Å²) in [7, 11) is 0. The van der Waals surface area contributed by atoms with Crippen molar-refractivity contribution in [3.63, 3.8) is 0 Å². The van der Waals surface area contributed by atoms with Crippen molar-refractivity contribution < 1.29 is 4.39 Å². The molecule has 1 aromatic rings. The highest BCUT2D eigenvalue weighted by molar-refractivity contribution is 5.23. The topological polar surface area (TPSA) is 35.8 Å². The van der Waals surface area contributed by atoms with Gasteiger partial charge in [0.25, 0.3) is 0 Å². The summed E-state index contributed by atoms with van der Waals surface area (Å²) >= 11 is 0. The van der Waals surface area contributed by atoms with Gasteiger partial charge in [-0.2, -0.15) is 5.26 Å². The Hall–Kier alpha value is -1.40. The number of nitrogens with one attached hydrogen (secondary N) is 1. The first-order valence-electron chi connectivity index (χ1n) is 5.52. The zero-order chi connectivity index (χ0) is 12.0. The number of aryl methyl sites for hydroxylation is 1. The molecule has 2 nitrogen and oxygen atoms in total. The summed E-state index contributed by atoms with van der Waals surface area (Å²) in [5.41, 5.74) is 1.71. The normalized spacial score (nSPS) is 12.1. The smallest absolute Gasteiger partial charge is 0.126 e. The van der Waals surface area contributed by atoms with Crippen LogP contribution in [0.5, 0.6) is 0 Å². The van der Waals surface area contributed by atoms with Gasteiger partial charge in [0.05, 0.1) is 12.0 Å². The van der Waals surface area contributed by atoms with Crippen LogP contribution in [-0.2, 0) is 6.54 Å². The molecular formula is C13H17FN2. The van der Waals surface area contributed by atoms with Crippen molar-refractivity contribution in [2.24, 2.45) is 5.92 Å². The number of hydrogen-bond donors (Lipinski definition) is 1. The van der Waals surface area contributed by atoms with Crippen LogP contribution in [0.1, 0.15) is 24.5 Å². The van der Waals surface area contributed by atoms with E-state index in [1.807, 2.05) is 13.0 Å². The van der Waals surface area contributed by atoms with Crippen LogP contribution in [0.15, 0.2) is 18.2 Å². The van der Waals surface area contributed by atoms with E-state index in [2.05, 4.69) is 11.4 Å². The lowest BCUT2D eigenvalue weighted by Crippen LogP contribution is -2.21. The quantitative estimate of drug-likeness (QED) is 0.828. The molecule has 0 aliphatic carbocycles. The highest BCUT2D eigenvalue weighted by atomic mass is 19.1. The summed E-state index contributed by atoms with van der Waals surface area (Å²) in [4.78, 5) is 0. The molecule has 0 aliphatic heterocycles. The fourth-order valence-electron chi connectivity index (χ4n) is 1.49. The number of nitriles is 1. The molecule has 1 N–H and O–H groups in total. The third kappa shape index (κ3) is 3.63. The van der Waals surface area contributed by atoms with Crippen molar-refractivity contribution in [3.05, 3.63) is 35.1 Å². The molecule has 0 aliphatic rings. The number of benzene rings is 1. The number of hydrogen-bond acceptors (Lipinski definition) is 2. The first-order chi connectivity index (χ1) is 7.67. The maximum atomic E-state index is 13.0. The van der Waals surface area contributed by atoms with Crippen molar-refractivity contribution >= 4 is 0 Å². The molecule has 0 saturated carbocycles. The molecule has 1 atom stereocenters. The molecule has 0 amide bonds. The van der Waals surface area contributed by atoms with Crippen molar-refractivity contribution in [2.45, 2.75) is 26.8 Å². The van der Waals surface area contributed by atoms with Gasteiger partial charge in [-0.25, -0.2) is 4.39 Å². The van der Waals surface area contributed by atoms with E-state index in [4.69, 9.17) is 5.26 Å². The molecule has 16 heavy (non-hydrogen) atoms. The van der Waals surface area contributed by atoms with Crippen molar-refractivity contribution in [2.75, 3.05) is 6.54 Å². The second-order valence-corrected chi connectivity index (χ2v) is 3.95. The second kappa shape index (κ2) is 6.24. The van der Waals surface area contributed by atoms with E-state index in [-0.39, 0.29) is 11.7 Å². The predicted octanol–water partition coefficient (Wildman–Crippen LogP) is 2.77. The molecular weight excluding hydrogens is 203 g/mol. The molecule has 0 fully saturated rings. The third-order valence-corrected chi connectivity index (χ3v) is 2.62. The summed E-state index contributed by atoms with van der Waals surface area (Å²) in [6.45, 7) is 5.11. The Morgan fingerprint density at radius 2 is 2.25 bits per heavy atom. The van der Waals surface area contributed by atoms with Gasteiger partial charge in [-0.1, -0.05) is 19.1 Å². The van der Waals surface area contributed by atoms with E-state index in [0.717, 1.165) is 12.0 Å². The first kappa shape index (κ1) is 12.7. The van der Waals surface area contributed by atoms with Gasteiger partial charge in [0.2, 0.25) is 0 Å². The maximum Gasteiger partial charge on any atom is 0.126 e. The van der Waals surface area contributed by atoms with Crippen molar-refractivity contribution in [1.29, 1.82) is 5.26 Å². The van der Waals surface area contributed by atoms with Gasteiger partial charge in [0.1, 0.15) is 5.82 Å². The molecule has 0 saturated heterocycles. The van der Waals surface area contributed by atoms with Gasteiger partial charge in [-0.3, -0.25) is 0 Å². The van der Waals surface area contributed by atoms with Crippen LogP contribution in [0.25, 0.3) is 0 Å². The monoisotopic (exact) mass is 220 g/mol. The number of halogens is 1. The highest BCUT2D eigenvalue weighted by Crippen LogP contribution is 2.09. The Balaban J connectivity index is 2.43. The van der Waals surface area contributed by atoms with E-state index in [9.17, 15) is 4.39 Å². The minimum atomic E-state index is -0.174. The van der Waals surface area contributed by atoms with Gasteiger partial charge >= 0.3 is 0 Å². The molecule has 1 unspecified atom stereocenters. The zero-order valence-electron chi connectivity index (χ0n) is 9.76. The minimum absolute atomic E-state index is 0.0570. The Morgan fingerprint density at radius 3 is 2.81 bits per heavy atom. The zero-order valence-corrected chi connectivity index (χ0v) is 9.76. The summed E-state index contributed by atoms with van der Waals surface area (Å²) < 4.78 is 13.0. The maximum absolute atomic E-state index is 13.0. The van der Waals surface area contributed by atoms with Crippen LogP contribution < -0.4 is 5.32 Å². The molecule has 0 spiro atoms. The predicted molar refractivity (Wildman–Crippen MR) is 62.2 cm³/mol. The van der Waals surface area contributed by atoms with Crippen LogP contribution in [0, 0.1) is 30.0 Å². The molecule has 1 aromatic carbocycles. The van der Waals surface area contributed by atoms with Crippen LogP contribution in [0.3, 0.4) is 0 Å². The van der Waals surface area contributed by atoms with Gasteiger partial charge < -0.3 is 5.32 Å². The van der Waals surface area contributed by atoms with E-state index in [1.165, 1.54) is 6.07 Å². The van der Waals surface area contributed by atoms with Crippen LogP contribution in [-0.4, -0.2) is 6.54 Å². The molecule has 0 aromatic heterocycles. The summed E-state index contributed by atoms with van der Waals surface area (Å²) in [6, 6.07) is 7.31. The Labute approximate surface area is 96.1 Å². The lowest BCUT2D eigenvalue weighted by Gasteiger charge is -2.08.